The maximum Gasteiger partial charge on any atom is 0.226 e. The minimum Gasteiger partial charge on any atom is -0.356 e. The van der Waals surface area contributed by atoms with Crippen LogP contribution in [0.15, 0.2) is 35.7 Å². The number of aryl methyl sites for hydroxylation is 4. The summed E-state index contributed by atoms with van der Waals surface area (Å²) in [5, 5.41) is 12.8. The third kappa shape index (κ3) is 6.10. The van der Waals surface area contributed by atoms with Gasteiger partial charge in [-0.2, -0.15) is 5.10 Å². The Kier molecular flexibility index (Phi) is 7.55. The summed E-state index contributed by atoms with van der Waals surface area (Å²) in [4.78, 5) is 32.8. The first-order valence-electron chi connectivity index (χ1n) is 11.7. The van der Waals surface area contributed by atoms with E-state index < -0.39 is 0 Å². The molecule has 0 spiro atoms. The molecule has 2 amide bonds. The Morgan fingerprint density at radius 2 is 1.83 bits per heavy atom. The number of rotatable bonds is 9. The van der Waals surface area contributed by atoms with Crippen molar-refractivity contribution in [1.82, 2.24) is 24.9 Å². The maximum absolute atomic E-state index is 12.6. The highest BCUT2D eigenvalue weighted by molar-refractivity contribution is 7.14. The second-order valence-corrected chi connectivity index (χ2v) is 9.54. The van der Waals surface area contributed by atoms with Gasteiger partial charge in [-0.3, -0.25) is 9.59 Å². The molecule has 3 aromatic heterocycles. The van der Waals surface area contributed by atoms with E-state index in [-0.39, 0.29) is 11.8 Å². The van der Waals surface area contributed by atoms with E-state index in [2.05, 4.69) is 37.8 Å². The monoisotopic (exact) mass is 490 g/mol. The van der Waals surface area contributed by atoms with E-state index in [9.17, 15) is 9.59 Å². The smallest absolute Gasteiger partial charge is 0.226 e. The summed E-state index contributed by atoms with van der Waals surface area (Å²) >= 11 is 1.42. The van der Waals surface area contributed by atoms with Crippen LogP contribution in [0.5, 0.6) is 0 Å². The number of amides is 2. The van der Waals surface area contributed by atoms with Gasteiger partial charge in [0.05, 0.1) is 11.4 Å². The molecule has 8 nitrogen and oxygen atoms in total. The summed E-state index contributed by atoms with van der Waals surface area (Å²) in [6, 6.07) is 10.2. The molecule has 0 bridgehead atoms. The third-order valence-electron chi connectivity index (χ3n) is 5.90. The first-order valence-corrected chi connectivity index (χ1v) is 12.6. The van der Waals surface area contributed by atoms with Crippen LogP contribution >= 0.6 is 11.3 Å². The average Bonchev–Trinajstić information content (AvgIpc) is 3.43. The highest BCUT2D eigenvalue weighted by Crippen LogP contribution is 2.26. The van der Waals surface area contributed by atoms with Crippen molar-refractivity contribution in [2.24, 2.45) is 0 Å². The van der Waals surface area contributed by atoms with Crippen molar-refractivity contribution >= 4 is 33.9 Å². The fourth-order valence-electron chi connectivity index (χ4n) is 4.09. The fourth-order valence-corrected chi connectivity index (χ4v) is 4.82. The van der Waals surface area contributed by atoms with Gasteiger partial charge >= 0.3 is 0 Å². The van der Waals surface area contributed by atoms with Crippen LogP contribution < -0.4 is 10.6 Å². The molecule has 9 heteroatoms. The Balaban J connectivity index is 1.32. The molecule has 0 fully saturated rings. The van der Waals surface area contributed by atoms with Gasteiger partial charge in [-0.1, -0.05) is 24.3 Å². The number of thiazole rings is 1. The number of hydrogen-bond acceptors (Lipinski definition) is 6. The summed E-state index contributed by atoms with van der Waals surface area (Å²) in [5.41, 5.74) is 7.81. The maximum atomic E-state index is 12.6. The van der Waals surface area contributed by atoms with Crippen molar-refractivity contribution in [1.29, 1.82) is 0 Å². The predicted molar refractivity (Wildman–Crippen MR) is 139 cm³/mol. The summed E-state index contributed by atoms with van der Waals surface area (Å²) < 4.78 is 1.84. The van der Waals surface area contributed by atoms with Gasteiger partial charge in [-0.05, 0) is 51.2 Å². The van der Waals surface area contributed by atoms with Crippen molar-refractivity contribution in [2.75, 3.05) is 11.9 Å². The van der Waals surface area contributed by atoms with Crippen LogP contribution in [-0.2, 0) is 22.4 Å². The molecule has 35 heavy (non-hydrogen) atoms. The van der Waals surface area contributed by atoms with Crippen LogP contribution in [0.2, 0.25) is 0 Å². The molecule has 0 unspecified atom stereocenters. The van der Waals surface area contributed by atoms with Gasteiger partial charge in [0.15, 0.2) is 10.8 Å². The van der Waals surface area contributed by atoms with E-state index in [1.54, 1.807) is 0 Å². The van der Waals surface area contributed by atoms with Crippen LogP contribution in [0, 0.1) is 20.8 Å². The van der Waals surface area contributed by atoms with Gasteiger partial charge in [0, 0.05) is 48.3 Å². The lowest BCUT2D eigenvalue weighted by atomic mass is 10.1. The zero-order valence-electron chi connectivity index (χ0n) is 20.5. The van der Waals surface area contributed by atoms with Crippen molar-refractivity contribution < 1.29 is 9.59 Å². The fraction of sp³-hybridized carbons (Fsp3) is 0.346. The van der Waals surface area contributed by atoms with E-state index >= 15 is 0 Å². The molecule has 0 saturated carbocycles. The number of fused-ring (bicyclic) bond motifs is 1. The molecule has 0 radical (unpaired) electrons. The lowest BCUT2D eigenvalue weighted by Gasteiger charge is -2.10. The normalized spacial score (nSPS) is 11.1. The van der Waals surface area contributed by atoms with Crippen molar-refractivity contribution in [2.45, 2.75) is 53.4 Å². The summed E-state index contributed by atoms with van der Waals surface area (Å²) in [6.07, 6.45) is 2.74. The first-order chi connectivity index (χ1) is 16.8. The highest BCUT2D eigenvalue weighted by atomic mass is 32.1. The van der Waals surface area contributed by atoms with Crippen LogP contribution in [0.25, 0.3) is 16.9 Å². The standard InChI is InChI=1S/C26H30N6O2S/c1-16-14-24-28-17(2)22(18(3)32(24)31-16)11-12-25(34)30-26-29-23(15-35-26)21-9-7-20(8-10-21)6-5-13-27-19(4)33/h7-10,14-15H,5-6,11-13H2,1-4H3,(H,27,33)(H,29,30,34). The van der Waals surface area contributed by atoms with E-state index in [1.807, 2.05) is 48.9 Å². The van der Waals surface area contributed by atoms with Crippen molar-refractivity contribution in [3.05, 3.63) is 63.9 Å². The highest BCUT2D eigenvalue weighted by Gasteiger charge is 2.14. The van der Waals surface area contributed by atoms with E-state index in [4.69, 9.17) is 0 Å². The lowest BCUT2D eigenvalue weighted by molar-refractivity contribution is -0.119. The first kappa shape index (κ1) is 24.5. The molecular weight excluding hydrogens is 460 g/mol. The predicted octanol–water partition coefficient (Wildman–Crippen LogP) is 4.42. The molecule has 0 aliphatic carbocycles. The molecular formula is C26H30N6O2S. The van der Waals surface area contributed by atoms with Crippen molar-refractivity contribution in [3.8, 4) is 11.3 Å². The molecule has 2 N–H and O–H groups in total. The van der Waals surface area contributed by atoms with Gasteiger partial charge in [0.2, 0.25) is 11.8 Å². The summed E-state index contributed by atoms with van der Waals surface area (Å²) in [7, 11) is 0. The third-order valence-corrected chi connectivity index (χ3v) is 6.66. The quantitative estimate of drug-likeness (QED) is 0.338. The average molecular weight is 491 g/mol. The minimum atomic E-state index is -0.0732. The lowest BCUT2D eigenvalue weighted by Crippen LogP contribution is -2.21. The molecule has 3 heterocycles. The molecule has 0 aliphatic rings. The second-order valence-electron chi connectivity index (χ2n) is 8.69. The van der Waals surface area contributed by atoms with Crippen molar-refractivity contribution in [3.63, 3.8) is 0 Å². The Morgan fingerprint density at radius 1 is 1.06 bits per heavy atom. The SMILES string of the molecule is CC(=O)NCCCc1ccc(-c2csc(NC(=O)CCc3c(C)nc4cc(C)nn4c3C)n2)cc1. The molecule has 4 aromatic rings. The number of carbonyl (C=O) groups excluding carboxylic acids is 2. The zero-order valence-corrected chi connectivity index (χ0v) is 21.3. The number of carbonyl (C=O) groups is 2. The van der Waals surface area contributed by atoms with Crippen LogP contribution in [0.3, 0.4) is 0 Å². The van der Waals surface area contributed by atoms with Crippen LogP contribution in [0.1, 0.15) is 48.0 Å². The topological polar surface area (TPSA) is 101 Å². The molecule has 182 valence electrons. The Hall–Kier alpha value is -3.59. The number of aromatic nitrogens is 4. The van der Waals surface area contributed by atoms with Gasteiger partial charge in [-0.15, -0.1) is 11.3 Å². The van der Waals surface area contributed by atoms with Crippen LogP contribution in [-0.4, -0.2) is 37.9 Å². The summed E-state index contributed by atoms with van der Waals surface area (Å²) in [6.45, 7) is 8.15. The van der Waals surface area contributed by atoms with Gasteiger partial charge in [0.1, 0.15) is 0 Å². The molecule has 0 atom stereocenters. The molecule has 0 aliphatic heterocycles. The minimum absolute atomic E-state index is 0.000169. The number of hydrogen-bond donors (Lipinski definition) is 2. The zero-order chi connectivity index (χ0) is 24.9. The second kappa shape index (κ2) is 10.8. The number of nitrogens with one attached hydrogen (secondary N) is 2. The molecule has 0 saturated heterocycles. The van der Waals surface area contributed by atoms with E-state index in [0.29, 0.717) is 24.5 Å². The largest absolute Gasteiger partial charge is 0.356 e. The summed E-state index contributed by atoms with van der Waals surface area (Å²) in [5.74, 6) is -0.0734. The van der Waals surface area contributed by atoms with Gasteiger partial charge in [0.25, 0.3) is 0 Å². The Morgan fingerprint density at radius 3 is 2.57 bits per heavy atom. The number of benzene rings is 1. The molecule has 1 aromatic carbocycles. The van der Waals surface area contributed by atoms with Gasteiger partial charge < -0.3 is 10.6 Å². The van der Waals surface area contributed by atoms with Gasteiger partial charge in [-0.25, -0.2) is 14.5 Å². The van der Waals surface area contributed by atoms with Crippen LogP contribution in [0.4, 0.5) is 5.13 Å². The Labute approximate surface area is 208 Å². The van der Waals surface area contributed by atoms with E-state index in [1.165, 1.54) is 23.8 Å². The van der Waals surface area contributed by atoms with E-state index in [0.717, 1.165) is 52.4 Å². The Bertz CT molecular complexity index is 1360. The number of nitrogens with zero attached hydrogens (tertiary/aromatic N) is 4. The number of anilines is 1. The molecule has 4 rings (SSSR count).